The van der Waals surface area contributed by atoms with Gasteiger partial charge in [-0.05, 0) is 17.7 Å². The molecule has 20 heavy (non-hydrogen) atoms. The van der Waals surface area contributed by atoms with E-state index in [0.717, 1.165) is 0 Å². The number of hydrogen-bond acceptors (Lipinski definition) is 7. The van der Waals surface area contributed by atoms with E-state index in [2.05, 4.69) is 0 Å². The first kappa shape index (κ1) is 25.1. The van der Waals surface area contributed by atoms with Crippen molar-refractivity contribution in [3.05, 3.63) is 23.8 Å². The standard InChI is InChI=1S/C9H10O4.2Na.H2O4S/c1-13-8-4-6(5-9(11)12)2-3-7(8)10;;;1-5(2,3)4/h2-4,10H,5H2,1H3,(H,11,12);;;(H2,1,2,3,4)/q;2*+1;/p-2. The number of aromatic hydroxyl groups is 1. The average Bonchev–Trinajstić information content (AvgIpc) is 2.17. The van der Waals surface area contributed by atoms with Crippen LogP contribution in [0.15, 0.2) is 18.2 Å². The summed E-state index contributed by atoms with van der Waals surface area (Å²) in [5.74, 6) is -0.608. The number of carboxylic acids is 1. The van der Waals surface area contributed by atoms with Gasteiger partial charge < -0.3 is 24.1 Å². The molecule has 0 bridgehead atoms. The quantitative estimate of drug-likeness (QED) is 0.317. The van der Waals surface area contributed by atoms with Crippen LogP contribution in [-0.2, 0) is 21.6 Å². The first-order valence-electron chi connectivity index (χ1n) is 4.38. The van der Waals surface area contributed by atoms with E-state index in [-0.39, 0.29) is 71.3 Å². The summed E-state index contributed by atoms with van der Waals surface area (Å²) < 4.78 is 38.9. The number of methoxy groups -OCH3 is 1. The fraction of sp³-hybridized carbons (Fsp3) is 0.222. The summed E-state index contributed by atoms with van der Waals surface area (Å²) in [6.07, 6.45) is -0.0728. The molecule has 0 amide bonds. The second-order valence-corrected chi connectivity index (χ2v) is 3.80. The molecule has 0 saturated heterocycles. The predicted octanol–water partition coefficient (Wildman–Crippen LogP) is -6.30. The fourth-order valence-corrected chi connectivity index (χ4v) is 1.01. The van der Waals surface area contributed by atoms with Crippen LogP contribution in [0.4, 0.5) is 0 Å². The molecule has 2 N–H and O–H groups in total. The van der Waals surface area contributed by atoms with Crippen molar-refractivity contribution in [2.24, 2.45) is 0 Å². The first-order valence-corrected chi connectivity index (χ1v) is 5.71. The van der Waals surface area contributed by atoms with Crippen molar-refractivity contribution < 1.29 is 96.4 Å². The van der Waals surface area contributed by atoms with Crippen LogP contribution >= 0.6 is 0 Å². The number of carboxylic acid groups (broad SMARTS) is 1. The molecule has 0 atom stereocenters. The van der Waals surface area contributed by atoms with Crippen LogP contribution < -0.4 is 63.9 Å². The van der Waals surface area contributed by atoms with Gasteiger partial charge in [-0.15, -0.1) is 0 Å². The van der Waals surface area contributed by atoms with E-state index in [9.17, 15) is 9.90 Å². The number of rotatable bonds is 3. The summed E-state index contributed by atoms with van der Waals surface area (Å²) in [4.78, 5) is 10.3. The summed E-state index contributed by atoms with van der Waals surface area (Å²) in [6.45, 7) is 0. The summed E-state index contributed by atoms with van der Waals surface area (Å²) in [5, 5.41) is 17.7. The van der Waals surface area contributed by atoms with Gasteiger partial charge in [0.2, 0.25) is 0 Å². The third kappa shape index (κ3) is 14.6. The largest absolute Gasteiger partial charge is 1.00 e. The van der Waals surface area contributed by atoms with Crippen molar-refractivity contribution in [2.75, 3.05) is 7.11 Å². The van der Waals surface area contributed by atoms with Crippen molar-refractivity contribution in [3.63, 3.8) is 0 Å². The van der Waals surface area contributed by atoms with Crippen LogP contribution in [0.2, 0.25) is 0 Å². The van der Waals surface area contributed by atoms with Gasteiger partial charge in [-0.25, -0.2) is 0 Å². The molecule has 1 rings (SSSR count). The molecule has 0 fully saturated rings. The van der Waals surface area contributed by atoms with Gasteiger partial charge in [0.05, 0.1) is 13.5 Å². The molecule has 1 aromatic rings. The van der Waals surface area contributed by atoms with E-state index >= 15 is 0 Å². The monoisotopic (exact) mass is 324 g/mol. The summed E-state index contributed by atoms with van der Waals surface area (Å²) >= 11 is 0. The molecule has 0 aliphatic heterocycles. The summed E-state index contributed by atoms with van der Waals surface area (Å²) in [5.41, 5.74) is 0.599. The Labute approximate surface area is 160 Å². The van der Waals surface area contributed by atoms with Gasteiger partial charge in [-0.3, -0.25) is 13.2 Å². The molecule has 11 heteroatoms. The molecule has 0 heterocycles. The van der Waals surface area contributed by atoms with E-state index in [1.807, 2.05) is 0 Å². The number of aliphatic carboxylic acids is 1. The Bertz CT molecular complexity index is 509. The van der Waals surface area contributed by atoms with Crippen molar-refractivity contribution in [3.8, 4) is 11.5 Å². The van der Waals surface area contributed by atoms with E-state index in [4.69, 9.17) is 27.4 Å². The molecule has 0 aliphatic carbocycles. The van der Waals surface area contributed by atoms with Gasteiger partial charge in [0, 0.05) is 10.4 Å². The molecule has 0 spiro atoms. The van der Waals surface area contributed by atoms with Gasteiger partial charge in [0.1, 0.15) is 0 Å². The van der Waals surface area contributed by atoms with Gasteiger partial charge in [-0.2, -0.15) is 0 Å². The minimum absolute atomic E-state index is 0. The van der Waals surface area contributed by atoms with Crippen molar-refractivity contribution in [2.45, 2.75) is 6.42 Å². The average molecular weight is 324 g/mol. The normalized spacial score (nSPS) is 9.15. The zero-order valence-electron chi connectivity index (χ0n) is 11.2. The number of phenolic OH excluding ortho intramolecular Hbond substituents is 1. The van der Waals surface area contributed by atoms with Crippen LogP contribution in [0.3, 0.4) is 0 Å². The Morgan fingerprint density at radius 3 is 2.10 bits per heavy atom. The van der Waals surface area contributed by atoms with Gasteiger partial charge in [-0.1, -0.05) is 6.07 Å². The molecule has 1 aromatic carbocycles. The van der Waals surface area contributed by atoms with Crippen LogP contribution in [0, 0.1) is 0 Å². The molecule has 8 nitrogen and oxygen atoms in total. The molecule has 0 saturated carbocycles. The predicted molar refractivity (Wildman–Crippen MR) is 56.5 cm³/mol. The van der Waals surface area contributed by atoms with Crippen molar-refractivity contribution in [1.29, 1.82) is 0 Å². The Kier molecular flexibility index (Phi) is 14.8. The Hall–Kier alpha value is 0.160. The molecule has 0 radical (unpaired) electrons. The fourth-order valence-electron chi connectivity index (χ4n) is 1.01. The number of phenols is 1. The minimum atomic E-state index is -5.17. The minimum Gasteiger partial charge on any atom is -0.759 e. The summed E-state index contributed by atoms with van der Waals surface area (Å²) in [6, 6.07) is 4.46. The SMILES string of the molecule is COc1cc(CC(=O)O)ccc1O.O=S(=O)([O-])[O-].[Na+].[Na+]. The summed E-state index contributed by atoms with van der Waals surface area (Å²) in [7, 11) is -3.75. The van der Waals surface area contributed by atoms with Gasteiger partial charge >= 0.3 is 65.1 Å². The number of carbonyl (C=O) groups is 1. The van der Waals surface area contributed by atoms with Crippen molar-refractivity contribution >= 4 is 16.4 Å². The molecular weight excluding hydrogens is 314 g/mol. The van der Waals surface area contributed by atoms with Gasteiger partial charge in [0.25, 0.3) is 0 Å². The number of benzene rings is 1. The maximum absolute atomic E-state index is 10.3. The molecule has 102 valence electrons. The molecule has 0 aromatic heterocycles. The van der Waals surface area contributed by atoms with Crippen LogP contribution in [0.1, 0.15) is 5.56 Å². The van der Waals surface area contributed by atoms with Gasteiger partial charge in [0.15, 0.2) is 11.5 Å². The van der Waals surface area contributed by atoms with Crippen LogP contribution in [0.25, 0.3) is 0 Å². The second kappa shape index (κ2) is 11.8. The Balaban J connectivity index is -0.000000361. The Morgan fingerprint density at radius 2 is 1.75 bits per heavy atom. The Morgan fingerprint density at radius 1 is 1.30 bits per heavy atom. The zero-order valence-corrected chi connectivity index (χ0v) is 16.0. The second-order valence-electron chi connectivity index (χ2n) is 2.98. The van der Waals surface area contributed by atoms with E-state index < -0.39 is 16.4 Å². The third-order valence-corrected chi connectivity index (χ3v) is 1.60. The number of hydrogen-bond donors (Lipinski definition) is 2. The topological polar surface area (TPSA) is 147 Å². The van der Waals surface area contributed by atoms with Crippen LogP contribution in [0.5, 0.6) is 11.5 Å². The first-order chi connectivity index (χ1) is 8.13. The zero-order chi connectivity index (χ0) is 14.3. The molecule has 0 aliphatic rings. The van der Waals surface area contributed by atoms with Crippen molar-refractivity contribution in [1.82, 2.24) is 0 Å². The van der Waals surface area contributed by atoms with Crippen LogP contribution in [-0.4, -0.2) is 40.8 Å². The maximum atomic E-state index is 10.3. The third-order valence-electron chi connectivity index (χ3n) is 1.60. The smallest absolute Gasteiger partial charge is 0.759 e. The van der Waals surface area contributed by atoms with E-state index in [1.54, 1.807) is 6.07 Å². The van der Waals surface area contributed by atoms with E-state index in [0.29, 0.717) is 11.3 Å². The maximum Gasteiger partial charge on any atom is 1.00 e. The van der Waals surface area contributed by atoms with E-state index in [1.165, 1.54) is 19.2 Å². The number of ether oxygens (including phenoxy) is 1. The molecule has 0 unspecified atom stereocenters. The molecular formula is C9H10Na2O8S.